The van der Waals surface area contributed by atoms with Crippen LogP contribution in [0.1, 0.15) is 38.3 Å². The molecule has 1 aliphatic heterocycles. The third-order valence-corrected chi connectivity index (χ3v) is 4.35. The lowest BCUT2D eigenvalue weighted by Crippen LogP contribution is -2.35. The molecule has 23 heavy (non-hydrogen) atoms. The predicted molar refractivity (Wildman–Crippen MR) is 96.1 cm³/mol. The second kappa shape index (κ2) is 7.28. The first-order valence-corrected chi connectivity index (χ1v) is 8.62. The summed E-state index contributed by atoms with van der Waals surface area (Å²) in [4.78, 5) is 9.44. The molecule has 2 N–H and O–H groups in total. The van der Waals surface area contributed by atoms with Crippen molar-refractivity contribution in [2.24, 2.45) is 0 Å². The van der Waals surface area contributed by atoms with Crippen LogP contribution in [0, 0.1) is 0 Å². The van der Waals surface area contributed by atoms with E-state index in [1.54, 1.807) is 0 Å². The lowest BCUT2D eigenvalue weighted by atomic mass is 10.1. The van der Waals surface area contributed by atoms with Crippen LogP contribution in [-0.4, -0.2) is 29.1 Å². The first-order valence-electron chi connectivity index (χ1n) is 8.24. The Morgan fingerprint density at radius 3 is 2.65 bits per heavy atom. The third-order valence-electron chi connectivity index (χ3n) is 4.11. The van der Waals surface area contributed by atoms with Crippen molar-refractivity contribution in [3.8, 4) is 11.4 Å². The summed E-state index contributed by atoms with van der Waals surface area (Å²) in [6.45, 7) is 6.42. The molecule has 2 aromatic rings. The van der Waals surface area contributed by atoms with Gasteiger partial charge in [0.2, 0.25) is 0 Å². The molecule has 1 fully saturated rings. The minimum atomic E-state index is 0.351. The molecule has 3 rings (SSSR count). The number of piperidine rings is 1. The van der Waals surface area contributed by atoms with Gasteiger partial charge in [-0.05, 0) is 44.0 Å². The Balaban J connectivity index is 1.92. The molecule has 0 saturated carbocycles. The van der Waals surface area contributed by atoms with Gasteiger partial charge in [0.15, 0.2) is 5.82 Å². The fraction of sp³-hybridized carbons (Fsp3) is 0.444. The molecule has 0 amide bonds. The Labute approximate surface area is 142 Å². The van der Waals surface area contributed by atoms with E-state index >= 15 is 0 Å². The van der Waals surface area contributed by atoms with Crippen LogP contribution in [0.4, 0.5) is 5.82 Å². The maximum atomic E-state index is 6.11. The Bertz CT molecular complexity index is 666. The van der Waals surface area contributed by atoms with Gasteiger partial charge in [0, 0.05) is 28.4 Å². The molecule has 122 valence electrons. The van der Waals surface area contributed by atoms with Crippen molar-refractivity contribution in [1.29, 1.82) is 0 Å². The predicted octanol–water partition coefficient (Wildman–Crippen LogP) is 4.08. The number of anilines is 1. The maximum Gasteiger partial charge on any atom is 0.161 e. The highest BCUT2D eigenvalue weighted by atomic mass is 35.5. The summed E-state index contributed by atoms with van der Waals surface area (Å²) in [6, 6.07) is 10.3. The van der Waals surface area contributed by atoms with Crippen molar-refractivity contribution >= 4 is 17.4 Å². The quantitative estimate of drug-likeness (QED) is 0.886. The van der Waals surface area contributed by atoms with Crippen LogP contribution in [0.2, 0.25) is 5.02 Å². The van der Waals surface area contributed by atoms with Gasteiger partial charge in [-0.15, -0.1) is 0 Å². The van der Waals surface area contributed by atoms with Crippen molar-refractivity contribution in [2.45, 2.75) is 38.6 Å². The van der Waals surface area contributed by atoms with Crippen molar-refractivity contribution in [1.82, 2.24) is 15.3 Å². The first-order chi connectivity index (χ1) is 11.1. The molecular formula is C18H23ClN4. The number of rotatable bonds is 4. The molecule has 0 atom stereocenters. The Morgan fingerprint density at radius 2 is 1.96 bits per heavy atom. The van der Waals surface area contributed by atoms with E-state index in [1.165, 1.54) is 0 Å². The monoisotopic (exact) mass is 330 g/mol. The van der Waals surface area contributed by atoms with Gasteiger partial charge in [0.1, 0.15) is 5.82 Å². The van der Waals surface area contributed by atoms with Crippen molar-refractivity contribution in [3.05, 3.63) is 41.0 Å². The number of nitrogens with one attached hydrogen (secondary N) is 2. The molecule has 5 heteroatoms. The molecule has 1 saturated heterocycles. The summed E-state index contributed by atoms with van der Waals surface area (Å²) in [6.07, 6.45) is 2.24. The van der Waals surface area contributed by atoms with E-state index in [1.807, 2.05) is 24.3 Å². The van der Waals surface area contributed by atoms with Crippen molar-refractivity contribution in [3.63, 3.8) is 0 Å². The van der Waals surface area contributed by atoms with Gasteiger partial charge in [-0.2, -0.15) is 0 Å². The largest absolute Gasteiger partial charge is 0.367 e. The zero-order valence-electron chi connectivity index (χ0n) is 13.6. The molecule has 1 aromatic heterocycles. The topological polar surface area (TPSA) is 49.8 Å². The summed E-state index contributed by atoms with van der Waals surface area (Å²) in [7, 11) is 0. The van der Waals surface area contributed by atoms with Gasteiger partial charge in [-0.1, -0.05) is 37.6 Å². The molecule has 4 nitrogen and oxygen atoms in total. The molecule has 2 heterocycles. The molecule has 0 spiro atoms. The minimum absolute atomic E-state index is 0.351. The van der Waals surface area contributed by atoms with Crippen LogP contribution in [0.5, 0.6) is 0 Å². The number of hydrogen-bond acceptors (Lipinski definition) is 4. The van der Waals surface area contributed by atoms with E-state index in [2.05, 4.69) is 30.5 Å². The maximum absolute atomic E-state index is 6.11. The van der Waals surface area contributed by atoms with Gasteiger partial charge in [-0.25, -0.2) is 9.97 Å². The van der Waals surface area contributed by atoms with Crippen LogP contribution in [-0.2, 0) is 0 Å². The normalized spacial score (nSPS) is 15.8. The Morgan fingerprint density at radius 1 is 1.17 bits per heavy atom. The third kappa shape index (κ3) is 4.21. The van der Waals surface area contributed by atoms with Gasteiger partial charge in [-0.3, -0.25) is 0 Å². The van der Waals surface area contributed by atoms with Crippen LogP contribution < -0.4 is 10.6 Å². The SMILES string of the molecule is CC(C)c1cc(NC2CCNCC2)nc(-c2cccc(Cl)c2)n1. The van der Waals surface area contributed by atoms with Gasteiger partial charge < -0.3 is 10.6 Å². The highest BCUT2D eigenvalue weighted by Gasteiger charge is 2.15. The number of hydrogen-bond donors (Lipinski definition) is 2. The van der Waals surface area contributed by atoms with Crippen molar-refractivity contribution in [2.75, 3.05) is 18.4 Å². The van der Waals surface area contributed by atoms with Crippen LogP contribution in [0.25, 0.3) is 11.4 Å². The molecule has 0 bridgehead atoms. The molecule has 0 unspecified atom stereocenters. The summed E-state index contributed by atoms with van der Waals surface area (Å²) in [5.74, 6) is 1.99. The van der Waals surface area contributed by atoms with E-state index in [0.29, 0.717) is 17.0 Å². The molecular weight excluding hydrogens is 308 g/mol. The molecule has 0 radical (unpaired) electrons. The first kappa shape index (κ1) is 16.2. The van der Waals surface area contributed by atoms with E-state index in [0.717, 1.165) is 48.8 Å². The van der Waals surface area contributed by atoms with E-state index in [4.69, 9.17) is 21.6 Å². The van der Waals surface area contributed by atoms with Gasteiger partial charge in [0.05, 0.1) is 0 Å². The standard InChI is InChI=1S/C18H23ClN4/c1-12(2)16-11-17(21-15-6-8-20-9-7-15)23-18(22-16)13-4-3-5-14(19)10-13/h3-5,10-12,15,20H,6-9H2,1-2H3,(H,21,22,23). The molecule has 1 aliphatic rings. The van der Waals surface area contributed by atoms with E-state index in [-0.39, 0.29) is 0 Å². The Hall–Kier alpha value is -1.65. The smallest absolute Gasteiger partial charge is 0.161 e. The average molecular weight is 331 g/mol. The number of aromatic nitrogens is 2. The number of benzene rings is 1. The van der Waals surface area contributed by atoms with E-state index in [9.17, 15) is 0 Å². The summed E-state index contributed by atoms with van der Waals surface area (Å²) < 4.78 is 0. The fourth-order valence-electron chi connectivity index (χ4n) is 2.77. The van der Waals surface area contributed by atoms with Crippen LogP contribution in [0.15, 0.2) is 30.3 Å². The lowest BCUT2D eigenvalue weighted by Gasteiger charge is -2.24. The lowest BCUT2D eigenvalue weighted by molar-refractivity contribution is 0.478. The number of halogens is 1. The minimum Gasteiger partial charge on any atom is -0.367 e. The second-order valence-corrected chi connectivity index (χ2v) is 6.77. The summed E-state index contributed by atoms with van der Waals surface area (Å²) in [5.41, 5.74) is 2.00. The highest BCUT2D eigenvalue weighted by molar-refractivity contribution is 6.30. The zero-order valence-corrected chi connectivity index (χ0v) is 14.4. The summed E-state index contributed by atoms with van der Waals surface area (Å²) in [5, 5.41) is 7.67. The van der Waals surface area contributed by atoms with E-state index < -0.39 is 0 Å². The van der Waals surface area contributed by atoms with Crippen LogP contribution >= 0.6 is 11.6 Å². The summed E-state index contributed by atoms with van der Waals surface area (Å²) >= 11 is 6.11. The van der Waals surface area contributed by atoms with Crippen LogP contribution in [0.3, 0.4) is 0 Å². The molecule has 0 aliphatic carbocycles. The fourth-order valence-corrected chi connectivity index (χ4v) is 2.96. The molecule has 1 aromatic carbocycles. The average Bonchev–Trinajstić information content (AvgIpc) is 2.55. The number of nitrogens with zero attached hydrogens (tertiary/aromatic N) is 2. The zero-order chi connectivity index (χ0) is 16.2. The van der Waals surface area contributed by atoms with Crippen molar-refractivity contribution < 1.29 is 0 Å². The highest BCUT2D eigenvalue weighted by Crippen LogP contribution is 2.24. The Kier molecular flexibility index (Phi) is 5.13. The van der Waals surface area contributed by atoms with Gasteiger partial charge in [0.25, 0.3) is 0 Å². The second-order valence-electron chi connectivity index (χ2n) is 6.34. The van der Waals surface area contributed by atoms with Gasteiger partial charge >= 0.3 is 0 Å².